The van der Waals surface area contributed by atoms with Gasteiger partial charge in [0.1, 0.15) is 0 Å². The molecule has 1 aromatic heterocycles. The lowest BCUT2D eigenvalue weighted by molar-refractivity contribution is -0.137. The fourth-order valence-corrected chi connectivity index (χ4v) is 3.86. The Morgan fingerprint density at radius 1 is 1.10 bits per heavy atom. The van der Waals surface area contributed by atoms with Crippen molar-refractivity contribution in [2.45, 2.75) is 26.6 Å². The van der Waals surface area contributed by atoms with Crippen molar-refractivity contribution in [2.24, 2.45) is 4.99 Å². The van der Waals surface area contributed by atoms with Gasteiger partial charge in [0.2, 0.25) is 0 Å². The fourth-order valence-electron chi connectivity index (χ4n) is 2.89. The van der Waals surface area contributed by atoms with Crippen LogP contribution in [0.25, 0.3) is 0 Å². The van der Waals surface area contributed by atoms with Gasteiger partial charge in [-0.15, -0.1) is 11.3 Å². The van der Waals surface area contributed by atoms with Gasteiger partial charge in [-0.3, -0.25) is 4.79 Å². The third kappa shape index (κ3) is 4.51. The average molecular weight is 434 g/mol. The first-order valence-electron chi connectivity index (χ1n) is 8.82. The number of aromatic carboxylic acids is 1. The van der Waals surface area contributed by atoms with Crippen LogP contribution in [-0.2, 0) is 12.7 Å². The Labute approximate surface area is 173 Å². The monoisotopic (exact) mass is 434 g/mol. The van der Waals surface area contributed by atoms with E-state index < -0.39 is 23.6 Å². The second-order valence-electron chi connectivity index (χ2n) is 6.57. The molecule has 9 heteroatoms. The first kappa shape index (κ1) is 21.5. The Morgan fingerprint density at radius 3 is 2.47 bits per heavy atom. The highest BCUT2D eigenvalue weighted by Gasteiger charge is 2.30. The molecule has 1 amide bonds. The summed E-state index contributed by atoms with van der Waals surface area (Å²) in [6.45, 7) is 3.80. The Kier molecular flexibility index (Phi) is 5.93. The molecule has 0 aliphatic carbocycles. The summed E-state index contributed by atoms with van der Waals surface area (Å²) in [6, 6.07) is 10.6. The Balaban J connectivity index is 2.04. The molecule has 3 rings (SSSR count). The predicted molar refractivity (Wildman–Crippen MR) is 106 cm³/mol. The van der Waals surface area contributed by atoms with Gasteiger partial charge in [-0.1, -0.05) is 24.3 Å². The molecule has 0 saturated carbocycles. The van der Waals surface area contributed by atoms with Crippen molar-refractivity contribution in [1.82, 2.24) is 4.57 Å². The predicted octanol–water partition coefficient (Wildman–Crippen LogP) is 4.67. The highest BCUT2D eigenvalue weighted by atomic mass is 32.1. The number of alkyl halides is 3. The average Bonchev–Trinajstić information content (AvgIpc) is 2.95. The van der Waals surface area contributed by atoms with E-state index in [0.29, 0.717) is 5.56 Å². The number of amides is 1. The number of carboxylic acid groups (broad SMARTS) is 1. The molecule has 0 fully saturated rings. The van der Waals surface area contributed by atoms with Crippen LogP contribution in [0, 0.1) is 13.8 Å². The minimum atomic E-state index is -4.56. The minimum Gasteiger partial charge on any atom is -0.478 e. The van der Waals surface area contributed by atoms with Gasteiger partial charge in [0.15, 0.2) is 4.80 Å². The van der Waals surface area contributed by atoms with Crippen LogP contribution in [0.2, 0.25) is 0 Å². The van der Waals surface area contributed by atoms with Gasteiger partial charge < -0.3 is 9.67 Å². The molecular weight excluding hydrogens is 417 g/mol. The number of carboxylic acids is 1. The van der Waals surface area contributed by atoms with Crippen LogP contribution in [0.1, 0.15) is 42.4 Å². The summed E-state index contributed by atoms with van der Waals surface area (Å²) in [5.41, 5.74) is 0.342. The molecule has 30 heavy (non-hydrogen) atoms. The number of halogens is 3. The SMILES string of the molecule is Cc1sc(=NC(=O)c2cccc(C(F)(F)F)c2)n(Cc2ccccc2C(=O)O)c1C. The topological polar surface area (TPSA) is 71.7 Å². The lowest BCUT2D eigenvalue weighted by atomic mass is 10.1. The number of hydrogen-bond acceptors (Lipinski definition) is 3. The molecule has 1 heterocycles. The maximum atomic E-state index is 12.9. The number of rotatable bonds is 4. The van der Waals surface area contributed by atoms with Crippen molar-refractivity contribution in [2.75, 3.05) is 0 Å². The molecule has 2 aromatic carbocycles. The van der Waals surface area contributed by atoms with Gasteiger partial charge in [0, 0.05) is 16.1 Å². The zero-order valence-electron chi connectivity index (χ0n) is 16.0. The van der Waals surface area contributed by atoms with Crippen LogP contribution in [0.4, 0.5) is 13.2 Å². The Morgan fingerprint density at radius 2 is 1.80 bits per heavy atom. The van der Waals surface area contributed by atoms with E-state index in [1.54, 1.807) is 22.8 Å². The van der Waals surface area contributed by atoms with Crippen molar-refractivity contribution in [1.29, 1.82) is 0 Å². The van der Waals surface area contributed by atoms with Crippen molar-refractivity contribution in [3.8, 4) is 0 Å². The van der Waals surface area contributed by atoms with Crippen molar-refractivity contribution >= 4 is 23.2 Å². The lowest BCUT2D eigenvalue weighted by Crippen LogP contribution is -2.20. The summed E-state index contributed by atoms with van der Waals surface area (Å²) in [5.74, 6) is -1.88. The number of aromatic nitrogens is 1. The van der Waals surface area contributed by atoms with Crippen molar-refractivity contribution in [3.05, 3.63) is 86.2 Å². The van der Waals surface area contributed by atoms with Gasteiger partial charge in [0.25, 0.3) is 5.91 Å². The molecular formula is C21H17F3N2O3S. The number of nitrogens with zero attached hydrogens (tertiary/aromatic N) is 2. The molecule has 0 aliphatic heterocycles. The summed E-state index contributed by atoms with van der Waals surface area (Å²) in [6.07, 6.45) is -4.56. The van der Waals surface area contributed by atoms with E-state index in [2.05, 4.69) is 4.99 Å². The van der Waals surface area contributed by atoms with E-state index in [-0.39, 0.29) is 22.5 Å². The van der Waals surface area contributed by atoms with E-state index in [9.17, 15) is 27.9 Å². The molecule has 0 bridgehead atoms. The third-order valence-corrected chi connectivity index (χ3v) is 5.70. The van der Waals surface area contributed by atoms with Gasteiger partial charge in [-0.05, 0) is 43.7 Å². The van der Waals surface area contributed by atoms with E-state index in [0.717, 1.165) is 28.8 Å². The quantitative estimate of drug-likeness (QED) is 0.649. The minimum absolute atomic E-state index is 0.128. The number of thiazole rings is 1. The Bertz CT molecular complexity index is 1190. The lowest BCUT2D eigenvalue weighted by Gasteiger charge is -2.10. The second kappa shape index (κ2) is 8.27. The van der Waals surface area contributed by atoms with Crippen LogP contribution in [-0.4, -0.2) is 21.6 Å². The molecule has 0 saturated heterocycles. The highest BCUT2D eigenvalue weighted by Crippen LogP contribution is 2.29. The zero-order valence-corrected chi connectivity index (χ0v) is 16.8. The molecule has 0 aliphatic rings. The molecule has 0 unspecified atom stereocenters. The fraction of sp³-hybridized carbons (Fsp3) is 0.190. The number of carbonyl (C=O) groups is 2. The Hall–Kier alpha value is -3.20. The summed E-state index contributed by atoms with van der Waals surface area (Å²) in [5, 5.41) is 9.40. The number of benzene rings is 2. The maximum Gasteiger partial charge on any atom is 0.416 e. The molecule has 0 radical (unpaired) electrons. The summed E-state index contributed by atoms with van der Waals surface area (Å²) >= 11 is 1.21. The standard InChI is InChI=1S/C21H17F3N2O3S/c1-12-13(2)30-20(26(12)11-15-6-3-4-9-17(15)19(28)29)25-18(27)14-7-5-8-16(10-14)21(22,23)24/h3-10H,11H2,1-2H3,(H,28,29). The number of carbonyl (C=O) groups excluding carboxylic acids is 1. The number of hydrogen-bond donors (Lipinski definition) is 1. The first-order chi connectivity index (χ1) is 14.1. The van der Waals surface area contributed by atoms with Crippen LogP contribution in [0.3, 0.4) is 0 Å². The van der Waals surface area contributed by atoms with E-state index in [1.165, 1.54) is 23.5 Å². The van der Waals surface area contributed by atoms with Crippen LogP contribution >= 0.6 is 11.3 Å². The van der Waals surface area contributed by atoms with Crippen LogP contribution in [0.15, 0.2) is 53.5 Å². The van der Waals surface area contributed by atoms with Crippen molar-refractivity contribution in [3.63, 3.8) is 0 Å². The highest BCUT2D eigenvalue weighted by molar-refractivity contribution is 7.09. The molecule has 0 spiro atoms. The molecule has 1 N–H and O–H groups in total. The third-order valence-electron chi connectivity index (χ3n) is 4.60. The van der Waals surface area contributed by atoms with Crippen LogP contribution in [0.5, 0.6) is 0 Å². The molecule has 5 nitrogen and oxygen atoms in total. The molecule has 3 aromatic rings. The van der Waals surface area contributed by atoms with E-state index >= 15 is 0 Å². The second-order valence-corrected chi connectivity index (χ2v) is 7.75. The largest absolute Gasteiger partial charge is 0.478 e. The summed E-state index contributed by atoms with van der Waals surface area (Å²) < 4.78 is 40.5. The van der Waals surface area contributed by atoms with E-state index in [4.69, 9.17) is 0 Å². The van der Waals surface area contributed by atoms with Gasteiger partial charge >= 0.3 is 12.1 Å². The smallest absolute Gasteiger partial charge is 0.416 e. The molecule has 0 atom stereocenters. The van der Waals surface area contributed by atoms with Crippen molar-refractivity contribution < 1.29 is 27.9 Å². The zero-order chi connectivity index (χ0) is 22.1. The summed E-state index contributed by atoms with van der Waals surface area (Å²) in [7, 11) is 0. The van der Waals surface area contributed by atoms with E-state index in [1.807, 2.05) is 13.8 Å². The summed E-state index contributed by atoms with van der Waals surface area (Å²) in [4.78, 5) is 29.2. The normalized spacial score (nSPS) is 12.2. The maximum absolute atomic E-state index is 12.9. The van der Waals surface area contributed by atoms with Crippen LogP contribution < -0.4 is 4.80 Å². The molecule has 156 valence electrons. The van der Waals surface area contributed by atoms with Gasteiger partial charge in [-0.25, -0.2) is 4.79 Å². The number of aryl methyl sites for hydroxylation is 1. The first-order valence-corrected chi connectivity index (χ1v) is 9.64. The van der Waals surface area contributed by atoms with Gasteiger partial charge in [0.05, 0.1) is 17.7 Å². The van der Waals surface area contributed by atoms with Gasteiger partial charge in [-0.2, -0.15) is 18.2 Å².